The van der Waals surface area contributed by atoms with Crippen LogP contribution in [-0.4, -0.2) is 26.8 Å². The zero-order valence-corrected chi connectivity index (χ0v) is 11.5. The molecule has 0 saturated carbocycles. The van der Waals surface area contributed by atoms with Gasteiger partial charge in [-0.05, 0) is 38.5 Å². The maximum absolute atomic E-state index is 11.0. The van der Waals surface area contributed by atoms with Crippen LogP contribution in [0.25, 0.3) is 11.0 Å². The molecule has 0 radical (unpaired) electrons. The number of thioether (sulfide) groups is 1. The second kappa shape index (κ2) is 4.65. The Balaban J connectivity index is 2.15. The number of imidazole rings is 1. The van der Waals surface area contributed by atoms with Crippen LogP contribution in [-0.2, 0) is 4.79 Å². The van der Waals surface area contributed by atoms with Gasteiger partial charge in [0.25, 0.3) is 0 Å². The van der Waals surface area contributed by atoms with Gasteiger partial charge in [-0.1, -0.05) is 17.8 Å². The van der Waals surface area contributed by atoms with Crippen molar-refractivity contribution in [1.29, 1.82) is 0 Å². The molecule has 2 N–H and O–H groups in total. The number of benzene rings is 1. The number of nitrogens with zero attached hydrogens (tertiary/aromatic N) is 1. The van der Waals surface area contributed by atoms with Gasteiger partial charge in [-0.2, -0.15) is 0 Å². The van der Waals surface area contributed by atoms with E-state index in [1.807, 2.05) is 25.1 Å². The molecule has 96 valence electrons. The molecule has 18 heavy (non-hydrogen) atoms. The molecule has 0 aliphatic heterocycles. The number of aliphatic carboxylic acids is 1. The number of carbonyl (C=O) groups is 1. The topological polar surface area (TPSA) is 66.0 Å². The lowest BCUT2D eigenvalue weighted by Gasteiger charge is -2.16. The van der Waals surface area contributed by atoms with Crippen molar-refractivity contribution >= 4 is 28.8 Å². The van der Waals surface area contributed by atoms with Crippen molar-refractivity contribution in [2.45, 2.75) is 25.9 Å². The van der Waals surface area contributed by atoms with Crippen molar-refractivity contribution in [2.75, 3.05) is 5.75 Å². The number of hydrogen-bond donors (Lipinski definition) is 2. The molecule has 2 rings (SSSR count). The van der Waals surface area contributed by atoms with Crippen LogP contribution < -0.4 is 0 Å². The van der Waals surface area contributed by atoms with Gasteiger partial charge in [0, 0.05) is 5.75 Å². The van der Waals surface area contributed by atoms with E-state index in [0.29, 0.717) is 5.75 Å². The Kier molecular flexibility index (Phi) is 3.34. The van der Waals surface area contributed by atoms with Crippen molar-refractivity contribution < 1.29 is 9.90 Å². The average molecular weight is 264 g/mol. The number of carboxylic acids is 1. The molecular weight excluding hydrogens is 248 g/mol. The molecule has 0 fully saturated rings. The van der Waals surface area contributed by atoms with Gasteiger partial charge in [-0.25, -0.2) is 4.98 Å². The smallest absolute Gasteiger partial charge is 0.309 e. The molecule has 2 aromatic rings. The average Bonchev–Trinajstić information content (AvgIpc) is 2.68. The molecule has 1 aromatic carbocycles. The molecule has 0 spiro atoms. The molecule has 0 bridgehead atoms. The van der Waals surface area contributed by atoms with Crippen LogP contribution in [0, 0.1) is 12.3 Å². The first-order valence-corrected chi connectivity index (χ1v) is 6.69. The number of H-pyrrole nitrogens is 1. The molecule has 0 saturated heterocycles. The van der Waals surface area contributed by atoms with E-state index in [9.17, 15) is 4.79 Å². The first-order valence-electron chi connectivity index (χ1n) is 5.71. The van der Waals surface area contributed by atoms with E-state index in [4.69, 9.17) is 5.11 Å². The SMILES string of the molecule is Cc1ccc2nc(SCC(C)(C)C(=O)O)[nH]c2c1. The number of aryl methyl sites for hydroxylation is 1. The third kappa shape index (κ3) is 2.67. The summed E-state index contributed by atoms with van der Waals surface area (Å²) in [6, 6.07) is 6.01. The van der Waals surface area contributed by atoms with Gasteiger partial charge in [0.2, 0.25) is 0 Å². The van der Waals surface area contributed by atoms with E-state index in [0.717, 1.165) is 16.2 Å². The molecule has 1 heterocycles. The highest BCUT2D eigenvalue weighted by Gasteiger charge is 2.27. The largest absolute Gasteiger partial charge is 0.481 e. The number of carboxylic acid groups (broad SMARTS) is 1. The Morgan fingerprint density at radius 2 is 2.22 bits per heavy atom. The highest BCUT2D eigenvalue weighted by Crippen LogP contribution is 2.27. The third-order valence-corrected chi connectivity index (χ3v) is 4.10. The predicted octanol–water partition coefficient (Wildman–Crippen LogP) is 3.07. The van der Waals surface area contributed by atoms with Crippen molar-refractivity contribution in [2.24, 2.45) is 5.41 Å². The van der Waals surface area contributed by atoms with Crippen molar-refractivity contribution in [3.63, 3.8) is 0 Å². The van der Waals surface area contributed by atoms with Crippen LogP contribution in [0.4, 0.5) is 0 Å². The van der Waals surface area contributed by atoms with Gasteiger partial charge in [-0.3, -0.25) is 4.79 Å². The molecule has 0 amide bonds. The highest BCUT2D eigenvalue weighted by atomic mass is 32.2. The quantitative estimate of drug-likeness (QED) is 0.833. The van der Waals surface area contributed by atoms with Gasteiger partial charge >= 0.3 is 5.97 Å². The second-order valence-electron chi connectivity index (χ2n) is 5.04. The molecule has 5 heteroatoms. The van der Waals surface area contributed by atoms with Crippen LogP contribution in [0.2, 0.25) is 0 Å². The lowest BCUT2D eigenvalue weighted by atomic mass is 9.97. The Morgan fingerprint density at radius 1 is 1.50 bits per heavy atom. The maximum atomic E-state index is 11.0. The second-order valence-corrected chi connectivity index (χ2v) is 6.00. The maximum Gasteiger partial charge on any atom is 0.309 e. The summed E-state index contributed by atoms with van der Waals surface area (Å²) in [6.45, 7) is 5.46. The summed E-state index contributed by atoms with van der Waals surface area (Å²) in [4.78, 5) is 18.7. The normalized spacial score (nSPS) is 11.9. The van der Waals surface area contributed by atoms with Crippen LogP contribution >= 0.6 is 11.8 Å². The monoisotopic (exact) mass is 264 g/mol. The van der Waals surface area contributed by atoms with E-state index in [2.05, 4.69) is 9.97 Å². The van der Waals surface area contributed by atoms with Crippen molar-refractivity contribution in [1.82, 2.24) is 9.97 Å². The first-order chi connectivity index (χ1) is 8.38. The van der Waals surface area contributed by atoms with Gasteiger partial charge in [-0.15, -0.1) is 0 Å². The number of fused-ring (bicyclic) bond motifs is 1. The fraction of sp³-hybridized carbons (Fsp3) is 0.385. The zero-order chi connectivity index (χ0) is 13.3. The summed E-state index contributed by atoms with van der Waals surface area (Å²) < 4.78 is 0. The number of aromatic nitrogens is 2. The van der Waals surface area contributed by atoms with Crippen molar-refractivity contribution in [3.8, 4) is 0 Å². The summed E-state index contributed by atoms with van der Waals surface area (Å²) in [6.07, 6.45) is 0. The molecular formula is C13H16N2O2S. The van der Waals surface area contributed by atoms with Gasteiger partial charge in [0.15, 0.2) is 5.16 Å². The van der Waals surface area contributed by atoms with Gasteiger partial charge in [0.1, 0.15) is 0 Å². The van der Waals surface area contributed by atoms with Crippen LogP contribution in [0.15, 0.2) is 23.4 Å². The zero-order valence-electron chi connectivity index (χ0n) is 10.7. The minimum atomic E-state index is -0.790. The van der Waals surface area contributed by atoms with Gasteiger partial charge < -0.3 is 10.1 Å². The number of rotatable bonds is 4. The Labute approximate surface area is 110 Å². The Hall–Kier alpha value is -1.49. The van der Waals surface area contributed by atoms with Crippen molar-refractivity contribution in [3.05, 3.63) is 23.8 Å². The van der Waals surface area contributed by atoms with E-state index >= 15 is 0 Å². The fourth-order valence-electron chi connectivity index (χ4n) is 1.48. The van der Waals surface area contributed by atoms with Crippen LogP contribution in [0.1, 0.15) is 19.4 Å². The highest BCUT2D eigenvalue weighted by molar-refractivity contribution is 7.99. The molecule has 4 nitrogen and oxygen atoms in total. The summed E-state index contributed by atoms with van der Waals surface area (Å²) in [7, 11) is 0. The van der Waals surface area contributed by atoms with E-state index in [1.54, 1.807) is 13.8 Å². The number of nitrogens with one attached hydrogen (secondary N) is 1. The summed E-state index contributed by atoms with van der Waals surface area (Å²) in [5.41, 5.74) is 2.33. The number of hydrogen-bond acceptors (Lipinski definition) is 3. The molecule has 0 aliphatic rings. The van der Waals surface area contributed by atoms with E-state index < -0.39 is 11.4 Å². The predicted molar refractivity (Wildman–Crippen MR) is 73.0 cm³/mol. The molecule has 0 aliphatic carbocycles. The minimum absolute atomic E-state index is 0.487. The standard InChI is InChI=1S/C13H16N2O2S/c1-8-4-5-9-10(6-8)15-12(14-9)18-7-13(2,3)11(16)17/h4-6H,7H2,1-3H3,(H,14,15)(H,16,17). The molecule has 0 unspecified atom stereocenters. The lowest BCUT2D eigenvalue weighted by molar-refractivity contribution is -0.145. The van der Waals surface area contributed by atoms with E-state index in [-0.39, 0.29) is 0 Å². The minimum Gasteiger partial charge on any atom is -0.481 e. The summed E-state index contributed by atoms with van der Waals surface area (Å²) in [5, 5.41) is 9.82. The summed E-state index contributed by atoms with van der Waals surface area (Å²) in [5.74, 6) is -0.303. The molecule has 0 atom stereocenters. The number of aromatic amines is 1. The molecule has 1 aromatic heterocycles. The van der Waals surface area contributed by atoms with Crippen LogP contribution in [0.3, 0.4) is 0 Å². The Bertz CT molecular complexity index is 590. The fourth-order valence-corrected chi connectivity index (χ4v) is 2.44. The summed E-state index contributed by atoms with van der Waals surface area (Å²) >= 11 is 1.44. The van der Waals surface area contributed by atoms with Gasteiger partial charge in [0.05, 0.1) is 16.4 Å². The van der Waals surface area contributed by atoms with Crippen LogP contribution in [0.5, 0.6) is 0 Å². The Morgan fingerprint density at radius 3 is 2.89 bits per heavy atom. The lowest BCUT2D eigenvalue weighted by Crippen LogP contribution is -2.26. The third-order valence-electron chi connectivity index (χ3n) is 2.76. The first kappa shape index (κ1) is 13.0. The van der Waals surface area contributed by atoms with E-state index in [1.165, 1.54) is 17.3 Å².